The average molecular weight is 493 g/mol. The summed E-state index contributed by atoms with van der Waals surface area (Å²) in [7, 11) is 1.42. The molecule has 1 aliphatic carbocycles. The van der Waals surface area contributed by atoms with Gasteiger partial charge in [-0.2, -0.15) is 0 Å². The number of fused-ring (bicyclic) bond motifs is 3. The van der Waals surface area contributed by atoms with E-state index in [9.17, 15) is 14.7 Å². The lowest BCUT2D eigenvalue weighted by molar-refractivity contribution is -0.0420. The molecule has 8 nitrogen and oxygen atoms in total. The van der Waals surface area contributed by atoms with E-state index < -0.39 is 5.60 Å². The number of amides is 1. The molecule has 0 bridgehead atoms. The van der Waals surface area contributed by atoms with Crippen molar-refractivity contribution in [1.29, 1.82) is 0 Å². The van der Waals surface area contributed by atoms with Gasteiger partial charge in [0.05, 0.1) is 29.4 Å². The summed E-state index contributed by atoms with van der Waals surface area (Å²) in [5.74, 6) is 0.944. The van der Waals surface area contributed by atoms with Crippen molar-refractivity contribution >= 4 is 22.8 Å². The molecule has 1 saturated carbocycles. The number of pyridine rings is 1. The predicted molar refractivity (Wildman–Crippen MR) is 139 cm³/mol. The topological polar surface area (TPSA) is 89.6 Å². The van der Waals surface area contributed by atoms with E-state index in [0.717, 1.165) is 86.0 Å². The van der Waals surface area contributed by atoms with Crippen LogP contribution in [-0.2, 0) is 30.7 Å². The Bertz CT molecular complexity index is 1310. The number of hydrogen-bond donors (Lipinski definition) is 1. The van der Waals surface area contributed by atoms with E-state index in [-0.39, 0.29) is 17.7 Å². The predicted octanol–water partition coefficient (Wildman–Crippen LogP) is 4.43. The van der Waals surface area contributed by atoms with Crippen LogP contribution in [0.15, 0.2) is 41.3 Å². The van der Waals surface area contributed by atoms with Crippen molar-refractivity contribution in [2.24, 2.45) is 0 Å². The first-order chi connectivity index (χ1) is 17.4. The molecule has 1 amide bonds. The number of unbranched alkanes of at least 4 members (excludes halogenated alkanes) is 1. The van der Waals surface area contributed by atoms with Gasteiger partial charge in [0, 0.05) is 43.4 Å². The number of aryl methyl sites for hydroxylation is 4. The molecule has 3 aromatic rings. The summed E-state index contributed by atoms with van der Waals surface area (Å²) >= 11 is 0. The molecule has 1 fully saturated rings. The van der Waals surface area contributed by atoms with Gasteiger partial charge in [0.1, 0.15) is 5.82 Å². The summed E-state index contributed by atoms with van der Waals surface area (Å²) in [4.78, 5) is 31.6. The molecule has 2 aromatic heterocycles. The summed E-state index contributed by atoms with van der Waals surface area (Å²) in [6, 6.07) is 9.34. The summed E-state index contributed by atoms with van der Waals surface area (Å²) in [6.07, 6.45) is 9.51. The molecular weight excluding hydrogens is 456 g/mol. The number of nitrogens with zero attached hydrogens (tertiary/aromatic N) is 4. The van der Waals surface area contributed by atoms with Crippen molar-refractivity contribution in [3.63, 3.8) is 0 Å². The number of aliphatic hydroxyl groups is 1. The van der Waals surface area contributed by atoms with Crippen LogP contribution < -0.4 is 10.5 Å². The lowest BCUT2D eigenvalue weighted by Gasteiger charge is -2.36. The van der Waals surface area contributed by atoms with Gasteiger partial charge in [-0.15, -0.1) is 0 Å². The molecule has 1 atom stereocenters. The fourth-order valence-electron chi connectivity index (χ4n) is 5.72. The van der Waals surface area contributed by atoms with Crippen LogP contribution in [0, 0.1) is 0 Å². The van der Waals surface area contributed by atoms with Gasteiger partial charge < -0.3 is 19.0 Å². The van der Waals surface area contributed by atoms with Gasteiger partial charge in [-0.25, -0.2) is 9.78 Å². The number of aromatic nitrogens is 3. The van der Waals surface area contributed by atoms with Gasteiger partial charge in [-0.1, -0.05) is 6.07 Å². The Morgan fingerprint density at radius 1 is 1.19 bits per heavy atom. The van der Waals surface area contributed by atoms with Crippen LogP contribution >= 0.6 is 0 Å². The van der Waals surface area contributed by atoms with Gasteiger partial charge in [0.2, 0.25) is 0 Å². The summed E-state index contributed by atoms with van der Waals surface area (Å²) in [5.41, 5.74) is 3.47. The van der Waals surface area contributed by atoms with E-state index in [1.54, 1.807) is 21.6 Å². The SMILES string of the molecule is COC(=O)N1c2ccc3c(nc(CCn4ccccc4=O)n3CCCCC3(O)CCC3)c2CC[C@@H]1C. The Labute approximate surface area is 211 Å². The monoisotopic (exact) mass is 492 g/mol. The normalized spacial score (nSPS) is 18.6. The van der Waals surface area contributed by atoms with Crippen LogP contribution in [0.25, 0.3) is 11.0 Å². The molecule has 2 aliphatic rings. The minimum atomic E-state index is -0.457. The first kappa shape index (κ1) is 24.6. The highest BCUT2D eigenvalue weighted by atomic mass is 16.5. The zero-order valence-electron chi connectivity index (χ0n) is 21.3. The smallest absolute Gasteiger partial charge is 0.414 e. The van der Waals surface area contributed by atoms with Crippen molar-refractivity contribution in [3.05, 3.63) is 58.3 Å². The van der Waals surface area contributed by atoms with Crippen LogP contribution in [0.3, 0.4) is 0 Å². The third kappa shape index (κ3) is 4.66. The molecule has 5 rings (SSSR count). The van der Waals surface area contributed by atoms with Gasteiger partial charge in [-0.3, -0.25) is 9.69 Å². The maximum Gasteiger partial charge on any atom is 0.414 e. The number of hydrogen-bond acceptors (Lipinski definition) is 5. The van der Waals surface area contributed by atoms with E-state index in [2.05, 4.69) is 10.6 Å². The summed E-state index contributed by atoms with van der Waals surface area (Å²) in [5, 5.41) is 10.5. The highest BCUT2D eigenvalue weighted by Crippen LogP contribution is 2.38. The molecule has 1 aromatic carbocycles. The number of methoxy groups -OCH3 is 1. The second-order valence-electron chi connectivity index (χ2n) is 10.4. The van der Waals surface area contributed by atoms with Crippen LogP contribution in [0.5, 0.6) is 0 Å². The fraction of sp³-hybridized carbons (Fsp3) is 0.536. The molecule has 0 saturated heterocycles. The molecule has 192 valence electrons. The summed E-state index contributed by atoms with van der Waals surface area (Å²) in [6.45, 7) is 3.40. The molecule has 36 heavy (non-hydrogen) atoms. The lowest BCUT2D eigenvalue weighted by Crippen LogP contribution is -2.42. The van der Waals surface area contributed by atoms with Gasteiger partial charge in [0.15, 0.2) is 0 Å². The number of rotatable bonds is 8. The van der Waals surface area contributed by atoms with E-state index in [0.29, 0.717) is 13.0 Å². The Hall–Kier alpha value is -3.13. The van der Waals surface area contributed by atoms with E-state index >= 15 is 0 Å². The Kier molecular flexibility index (Phi) is 6.88. The molecule has 1 N–H and O–H groups in total. The van der Waals surface area contributed by atoms with Crippen LogP contribution in [0.2, 0.25) is 0 Å². The molecule has 0 unspecified atom stereocenters. The lowest BCUT2D eigenvalue weighted by atomic mass is 9.77. The standard InChI is InChI=1S/C28H36N4O4/c1-20-9-10-21-22(32(20)27(34)36-2)11-12-23-26(21)29-24(13-19-30-17-5-3-8-25(30)33)31(23)18-6-4-14-28(35)15-7-16-28/h3,5,8,11-12,17,20,35H,4,6-7,9-10,13-16,18-19H2,1-2H3/t20-/m0/s1. The van der Waals surface area contributed by atoms with Crippen LogP contribution in [-0.4, -0.2) is 44.1 Å². The van der Waals surface area contributed by atoms with Crippen LogP contribution in [0.4, 0.5) is 10.5 Å². The summed E-state index contributed by atoms with van der Waals surface area (Å²) < 4.78 is 9.06. The van der Waals surface area contributed by atoms with Crippen LogP contribution in [0.1, 0.15) is 63.3 Å². The van der Waals surface area contributed by atoms with E-state index in [1.807, 2.05) is 25.3 Å². The highest BCUT2D eigenvalue weighted by molar-refractivity contribution is 5.95. The number of benzene rings is 1. The van der Waals surface area contributed by atoms with Crippen molar-refractivity contribution in [1.82, 2.24) is 14.1 Å². The Morgan fingerprint density at radius 2 is 2.03 bits per heavy atom. The zero-order valence-corrected chi connectivity index (χ0v) is 21.3. The molecule has 8 heteroatoms. The number of ether oxygens (including phenoxy) is 1. The van der Waals surface area contributed by atoms with Crippen molar-refractivity contribution in [3.8, 4) is 0 Å². The molecule has 1 aliphatic heterocycles. The van der Waals surface area contributed by atoms with Gasteiger partial charge >= 0.3 is 6.09 Å². The Morgan fingerprint density at radius 3 is 2.75 bits per heavy atom. The Balaban J connectivity index is 1.46. The first-order valence-electron chi connectivity index (χ1n) is 13.2. The number of carbonyl (C=O) groups is 1. The number of anilines is 1. The second-order valence-corrected chi connectivity index (χ2v) is 10.4. The molecule has 0 spiro atoms. The number of carbonyl (C=O) groups excluding carboxylic acids is 1. The van der Waals surface area contributed by atoms with Crippen molar-refractivity contribution in [2.45, 2.75) is 89.4 Å². The van der Waals surface area contributed by atoms with Gasteiger partial charge in [0.25, 0.3) is 5.56 Å². The van der Waals surface area contributed by atoms with E-state index in [4.69, 9.17) is 9.72 Å². The maximum atomic E-state index is 12.5. The highest BCUT2D eigenvalue weighted by Gasteiger charge is 2.34. The van der Waals surface area contributed by atoms with E-state index in [1.165, 1.54) is 7.11 Å². The average Bonchev–Trinajstić information content (AvgIpc) is 3.22. The minimum Gasteiger partial charge on any atom is -0.452 e. The quantitative estimate of drug-likeness (QED) is 0.470. The molecule has 3 heterocycles. The third-order valence-electron chi connectivity index (χ3n) is 8.00. The first-order valence-corrected chi connectivity index (χ1v) is 13.2. The molecular formula is C28H36N4O4. The zero-order chi connectivity index (χ0) is 25.3. The largest absolute Gasteiger partial charge is 0.452 e. The fourth-order valence-corrected chi connectivity index (χ4v) is 5.72. The second kappa shape index (κ2) is 10.1. The minimum absolute atomic E-state index is 0.0195. The van der Waals surface area contributed by atoms with Gasteiger partial charge in [-0.05, 0) is 76.5 Å². The number of imidazole rings is 1. The van der Waals surface area contributed by atoms with Crippen molar-refractivity contribution in [2.75, 3.05) is 12.0 Å². The maximum absolute atomic E-state index is 12.5. The molecule has 0 radical (unpaired) electrons. The third-order valence-corrected chi connectivity index (χ3v) is 8.00. The van der Waals surface area contributed by atoms with Crippen molar-refractivity contribution < 1.29 is 14.6 Å².